The Morgan fingerprint density at radius 1 is 1.43 bits per heavy atom. The second-order valence-corrected chi connectivity index (χ2v) is 6.03. The molecule has 23 heavy (non-hydrogen) atoms. The number of carbonyl (C=O) groups excluding carboxylic acids is 2. The first kappa shape index (κ1) is 17.3. The van der Waals surface area contributed by atoms with E-state index < -0.39 is 0 Å². The van der Waals surface area contributed by atoms with Gasteiger partial charge in [-0.25, -0.2) is 0 Å². The predicted molar refractivity (Wildman–Crippen MR) is 86.4 cm³/mol. The number of carbonyl (C=O) groups is 2. The molecule has 128 valence electrons. The molecular formula is C16H26N4O3. The van der Waals surface area contributed by atoms with Gasteiger partial charge in [0, 0.05) is 32.9 Å². The molecule has 1 unspecified atom stereocenters. The number of piperidine rings is 1. The van der Waals surface area contributed by atoms with Crippen LogP contribution in [0.4, 0.5) is 0 Å². The van der Waals surface area contributed by atoms with Crippen LogP contribution < -0.4 is 4.74 Å². The number of amides is 2. The van der Waals surface area contributed by atoms with Crippen molar-refractivity contribution in [3.05, 3.63) is 11.8 Å². The van der Waals surface area contributed by atoms with Gasteiger partial charge >= 0.3 is 0 Å². The molecule has 7 heteroatoms. The van der Waals surface area contributed by atoms with E-state index in [1.54, 1.807) is 20.3 Å². The summed E-state index contributed by atoms with van der Waals surface area (Å²) in [6.45, 7) is 2.97. The van der Waals surface area contributed by atoms with Crippen LogP contribution in [0.15, 0.2) is 6.20 Å². The first-order valence-electron chi connectivity index (χ1n) is 8.10. The Morgan fingerprint density at radius 3 is 2.83 bits per heavy atom. The maximum absolute atomic E-state index is 12.6. The summed E-state index contributed by atoms with van der Waals surface area (Å²) < 4.78 is 6.65. The molecule has 0 saturated carbocycles. The van der Waals surface area contributed by atoms with E-state index in [9.17, 15) is 9.59 Å². The highest BCUT2D eigenvalue weighted by molar-refractivity contribution is 5.98. The Kier molecular flexibility index (Phi) is 5.63. The van der Waals surface area contributed by atoms with Crippen molar-refractivity contribution in [1.29, 1.82) is 0 Å². The molecule has 1 aromatic rings. The molecular weight excluding hydrogens is 296 g/mol. The van der Waals surface area contributed by atoms with Crippen molar-refractivity contribution in [1.82, 2.24) is 19.6 Å². The van der Waals surface area contributed by atoms with Crippen molar-refractivity contribution in [2.75, 3.05) is 27.2 Å². The SMILES string of the molecule is CCC1CCCCN1C(=O)CN(C)C(=O)c1cn(C)nc1OC. The van der Waals surface area contributed by atoms with Gasteiger partial charge in [0.2, 0.25) is 11.8 Å². The lowest BCUT2D eigenvalue weighted by molar-refractivity contribution is -0.135. The number of methoxy groups -OCH3 is 1. The first-order chi connectivity index (χ1) is 11.0. The summed E-state index contributed by atoms with van der Waals surface area (Å²) in [5.74, 6) is 0.0322. The maximum Gasteiger partial charge on any atom is 0.261 e. The third kappa shape index (κ3) is 3.83. The van der Waals surface area contributed by atoms with E-state index in [1.807, 2.05) is 4.90 Å². The second-order valence-electron chi connectivity index (χ2n) is 6.03. The van der Waals surface area contributed by atoms with Gasteiger partial charge in [-0.05, 0) is 25.7 Å². The summed E-state index contributed by atoms with van der Waals surface area (Å²) in [5.41, 5.74) is 0.371. The van der Waals surface area contributed by atoms with Crippen molar-refractivity contribution in [2.24, 2.45) is 7.05 Å². The molecule has 1 aromatic heterocycles. The van der Waals surface area contributed by atoms with Gasteiger partial charge in [0.1, 0.15) is 5.56 Å². The van der Waals surface area contributed by atoms with E-state index in [4.69, 9.17) is 4.74 Å². The predicted octanol–water partition coefficient (Wildman–Crippen LogP) is 1.29. The number of ether oxygens (including phenoxy) is 1. The molecule has 0 aliphatic carbocycles. The van der Waals surface area contributed by atoms with E-state index >= 15 is 0 Å². The lowest BCUT2D eigenvalue weighted by Crippen LogP contribution is -2.48. The average Bonchev–Trinajstić information content (AvgIpc) is 2.94. The number of aryl methyl sites for hydroxylation is 1. The fourth-order valence-corrected chi connectivity index (χ4v) is 3.09. The van der Waals surface area contributed by atoms with Gasteiger partial charge in [0.25, 0.3) is 5.91 Å². The Labute approximate surface area is 137 Å². The summed E-state index contributed by atoms with van der Waals surface area (Å²) in [6.07, 6.45) is 5.83. The molecule has 2 amide bonds. The zero-order chi connectivity index (χ0) is 17.0. The van der Waals surface area contributed by atoms with Gasteiger partial charge in [0.05, 0.1) is 13.7 Å². The molecule has 1 fully saturated rings. The van der Waals surface area contributed by atoms with Gasteiger partial charge in [-0.3, -0.25) is 14.3 Å². The van der Waals surface area contributed by atoms with Crippen molar-refractivity contribution >= 4 is 11.8 Å². The molecule has 1 aliphatic rings. The van der Waals surface area contributed by atoms with E-state index in [2.05, 4.69) is 12.0 Å². The van der Waals surface area contributed by atoms with Crippen LogP contribution in [0, 0.1) is 0 Å². The second kappa shape index (κ2) is 7.48. The molecule has 2 heterocycles. The number of rotatable bonds is 5. The molecule has 0 bridgehead atoms. The summed E-state index contributed by atoms with van der Waals surface area (Å²) in [4.78, 5) is 28.4. The van der Waals surface area contributed by atoms with E-state index in [1.165, 1.54) is 23.1 Å². The molecule has 0 spiro atoms. The smallest absolute Gasteiger partial charge is 0.261 e. The quantitative estimate of drug-likeness (QED) is 0.819. The lowest BCUT2D eigenvalue weighted by Gasteiger charge is -2.36. The number of aromatic nitrogens is 2. The van der Waals surface area contributed by atoms with Gasteiger partial charge in [-0.2, -0.15) is 0 Å². The van der Waals surface area contributed by atoms with Crippen molar-refractivity contribution in [3.63, 3.8) is 0 Å². The van der Waals surface area contributed by atoms with E-state index in [0.29, 0.717) is 11.6 Å². The van der Waals surface area contributed by atoms with Crippen molar-refractivity contribution < 1.29 is 14.3 Å². The monoisotopic (exact) mass is 322 g/mol. The minimum atomic E-state index is -0.256. The van der Waals surface area contributed by atoms with Gasteiger partial charge in [-0.15, -0.1) is 5.10 Å². The van der Waals surface area contributed by atoms with Crippen molar-refractivity contribution in [3.8, 4) is 5.88 Å². The Hall–Kier alpha value is -2.05. The molecule has 2 rings (SSSR count). The molecule has 1 saturated heterocycles. The fraction of sp³-hybridized carbons (Fsp3) is 0.688. The normalized spacial score (nSPS) is 17.9. The van der Waals surface area contributed by atoms with Crippen LogP contribution in [-0.4, -0.2) is 64.7 Å². The minimum absolute atomic E-state index is 0.00950. The van der Waals surface area contributed by atoms with E-state index in [0.717, 1.165) is 25.8 Å². The number of likely N-dealkylation sites (N-methyl/N-ethyl adjacent to an activating group) is 1. The van der Waals surface area contributed by atoms with Crippen LogP contribution in [0.1, 0.15) is 43.0 Å². The Morgan fingerprint density at radius 2 is 2.17 bits per heavy atom. The zero-order valence-corrected chi connectivity index (χ0v) is 14.4. The minimum Gasteiger partial charge on any atom is -0.479 e. The standard InChI is InChI=1S/C16H26N4O3/c1-5-12-8-6-7-9-20(12)14(21)11-18(2)16(22)13-10-19(3)17-15(13)23-4/h10,12H,5-9,11H2,1-4H3. The summed E-state index contributed by atoms with van der Waals surface area (Å²) >= 11 is 0. The number of likely N-dealkylation sites (tertiary alicyclic amines) is 1. The fourth-order valence-electron chi connectivity index (χ4n) is 3.09. The molecule has 1 atom stereocenters. The largest absolute Gasteiger partial charge is 0.479 e. The van der Waals surface area contributed by atoms with Gasteiger partial charge < -0.3 is 14.5 Å². The summed E-state index contributed by atoms with van der Waals surface area (Å²) in [7, 11) is 4.84. The summed E-state index contributed by atoms with van der Waals surface area (Å²) in [6, 6.07) is 0.299. The molecule has 0 radical (unpaired) electrons. The van der Waals surface area contributed by atoms with Crippen LogP contribution in [0.25, 0.3) is 0 Å². The molecule has 0 N–H and O–H groups in total. The summed E-state index contributed by atoms with van der Waals surface area (Å²) in [5, 5.41) is 4.08. The Bertz CT molecular complexity index is 570. The van der Waals surface area contributed by atoms with Crippen molar-refractivity contribution in [2.45, 2.75) is 38.6 Å². The molecule has 7 nitrogen and oxygen atoms in total. The van der Waals surface area contributed by atoms with Crippen LogP contribution in [-0.2, 0) is 11.8 Å². The topological polar surface area (TPSA) is 67.7 Å². The van der Waals surface area contributed by atoms with Crippen LogP contribution in [0.2, 0.25) is 0 Å². The van der Waals surface area contributed by atoms with Gasteiger partial charge in [-0.1, -0.05) is 6.92 Å². The molecule has 0 aromatic carbocycles. The highest BCUT2D eigenvalue weighted by Gasteiger charge is 2.28. The highest BCUT2D eigenvalue weighted by Crippen LogP contribution is 2.20. The average molecular weight is 322 g/mol. The third-order valence-electron chi connectivity index (χ3n) is 4.36. The van der Waals surface area contributed by atoms with Gasteiger partial charge in [0.15, 0.2) is 0 Å². The third-order valence-corrected chi connectivity index (χ3v) is 4.36. The van der Waals surface area contributed by atoms with E-state index in [-0.39, 0.29) is 24.2 Å². The zero-order valence-electron chi connectivity index (χ0n) is 14.4. The van der Waals surface area contributed by atoms with Crippen LogP contribution in [0.5, 0.6) is 5.88 Å². The molecule has 1 aliphatic heterocycles. The highest BCUT2D eigenvalue weighted by atomic mass is 16.5. The first-order valence-corrected chi connectivity index (χ1v) is 8.10. The number of nitrogens with zero attached hydrogens (tertiary/aromatic N) is 4. The lowest BCUT2D eigenvalue weighted by atomic mass is 10.00. The Balaban J connectivity index is 2.03. The van der Waals surface area contributed by atoms with Crippen LogP contribution >= 0.6 is 0 Å². The number of hydrogen-bond donors (Lipinski definition) is 0. The number of hydrogen-bond acceptors (Lipinski definition) is 4. The maximum atomic E-state index is 12.6. The van der Waals surface area contributed by atoms with Crippen LogP contribution in [0.3, 0.4) is 0 Å².